The molecule has 0 spiro atoms. The Kier molecular flexibility index (Phi) is 4.78. The molecule has 3 rings (SSSR count). The van der Waals surface area contributed by atoms with Crippen molar-refractivity contribution in [2.75, 3.05) is 11.9 Å². The third-order valence-corrected chi connectivity index (χ3v) is 3.96. The van der Waals surface area contributed by atoms with Crippen LogP contribution in [0.25, 0.3) is 11.3 Å². The van der Waals surface area contributed by atoms with Gasteiger partial charge in [0.05, 0.1) is 23.4 Å². The van der Waals surface area contributed by atoms with Gasteiger partial charge in [0, 0.05) is 24.2 Å². The largest absolute Gasteiger partial charge is 0.394 e. The number of benzene rings is 1. The lowest BCUT2D eigenvalue weighted by molar-refractivity contribution is 0.276. The van der Waals surface area contributed by atoms with E-state index in [4.69, 9.17) is 11.6 Å². The van der Waals surface area contributed by atoms with Gasteiger partial charge >= 0.3 is 0 Å². The molecule has 0 fully saturated rings. The zero-order valence-electron chi connectivity index (χ0n) is 12.9. The summed E-state index contributed by atoms with van der Waals surface area (Å²) in [6, 6.07) is 5.73. The van der Waals surface area contributed by atoms with Gasteiger partial charge in [0.15, 0.2) is 0 Å². The molecule has 0 aliphatic heterocycles. The Morgan fingerprint density at radius 2 is 2.21 bits per heavy atom. The Morgan fingerprint density at radius 1 is 1.38 bits per heavy atom. The first kappa shape index (κ1) is 16.4. The van der Waals surface area contributed by atoms with E-state index in [1.807, 2.05) is 25.4 Å². The van der Waals surface area contributed by atoms with Gasteiger partial charge in [-0.15, -0.1) is 0 Å². The number of hydrogen-bond donors (Lipinski definition) is 3. The van der Waals surface area contributed by atoms with Gasteiger partial charge in [-0.05, 0) is 36.2 Å². The standard InChI is InChI=1S/C17H16ClFN4O/c1-10-7-21-17(23-16(10)12-4-5-20-8-12)22-15(9-24)11-2-3-14(19)13(18)6-11/h2-8,15,20,24H,9H2,1H3,(H,21,22,23). The first-order chi connectivity index (χ1) is 11.6. The fourth-order valence-corrected chi connectivity index (χ4v) is 2.58. The molecule has 0 aliphatic carbocycles. The van der Waals surface area contributed by atoms with Gasteiger partial charge < -0.3 is 15.4 Å². The lowest BCUT2D eigenvalue weighted by Crippen LogP contribution is -2.17. The van der Waals surface area contributed by atoms with Crippen LogP contribution < -0.4 is 5.32 Å². The molecule has 1 aromatic carbocycles. The van der Waals surface area contributed by atoms with Crippen LogP contribution in [0.2, 0.25) is 5.02 Å². The van der Waals surface area contributed by atoms with E-state index >= 15 is 0 Å². The van der Waals surface area contributed by atoms with Crippen LogP contribution in [0.5, 0.6) is 0 Å². The summed E-state index contributed by atoms with van der Waals surface area (Å²) in [7, 11) is 0. The number of halogens is 2. The zero-order valence-corrected chi connectivity index (χ0v) is 13.7. The van der Waals surface area contributed by atoms with E-state index in [9.17, 15) is 9.50 Å². The zero-order chi connectivity index (χ0) is 17.1. The minimum absolute atomic E-state index is 0.00517. The number of aromatic nitrogens is 3. The van der Waals surface area contributed by atoms with E-state index < -0.39 is 11.9 Å². The molecule has 0 aliphatic rings. The summed E-state index contributed by atoms with van der Waals surface area (Å²) in [6.07, 6.45) is 5.38. The molecule has 2 aromatic heterocycles. The van der Waals surface area contributed by atoms with E-state index in [0.29, 0.717) is 11.5 Å². The number of rotatable bonds is 5. The van der Waals surface area contributed by atoms with Crippen molar-refractivity contribution in [3.63, 3.8) is 0 Å². The van der Waals surface area contributed by atoms with Gasteiger partial charge in [-0.3, -0.25) is 0 Å². The highest BCUT2D eigenvalue weighted by atomic mass is 35.5. The molecular formula is C17H16ClFN4O. The quantitative estimate of drug-likeness (QED) is 0.658. The minimum atomic E-state index is -0.501. The second-order valence-electron chi connectivity index (χ2n) is 5.38. The third-order valence-electron chi connectivity index (χ3n) is 3.68. The molecule has 5 nitrogen and oxygen atoms in total. The predicted molar refractivity (Wildman–Crippen MR) is 91.4 cm³/mol. The Labute approximate surface area is 143 Å². The smallest absolute Gasteiger partial charge is 0.223 e. The Balaban J connectivity index is 1.88. The fourth-order valence-electron chi connectivity index (χ4n) is 2.39. The normalized spacial score (nSPS) is 12.2. The lowest BCUT2D eigenvalue weighted by atomic mass is 10.1. The first-order valence-corrected chi connectivity index (χ1v) is 7.75. The maximum absolute atomic E-state index is 13.3. The first-order valence-electron chi connectivity index (χ1n) is 7.37. The molecule has 1 atom stereocenters. The summed E-state index contributed by atoms with van der Waals surface area (Å²) in [5.41, 5.74) is 3.33. The van der Waals surface area contributed by atoms with Crippen LogP contribution >= 0.6 is 11.6 Å². The third kappa shape index (κ3) is 3.39. The van der Waals surface area contributed by atoms with Crippen LogP contribution in [0.4, 0.5) is 10.3 Å². The van der Waals surface area contributed by atoms with E-state index in [2.05, 4.69) is 20.3 Å². The van der Waals surface area contributed by atoms with Crippen LogP contribution in [-0.4, -0.2) is 26.7 Å². The number of aromatic amines is 1. The van der Waals surface area contributed by atoms with Crippen LogP contribution in [-0.2, 0) is 0 Å². The van der Waals surface area contributed by atoms with Crippen molar-refractivity contribution in [1.29, 1.82) is 0 Å². The molecule has 24 heavy (non-hydrogen) atoms. The predicted octanol–water partition coefficient (Wildman–Crippen LogP) is 3.72. The van der Waals surface area contributed by atoms with E-state index in [-0.39, 0.29) is 11.6 Å². The molecule has 3 N–H and O–H groups in total. The van der Waals surface area contributed by atoms with Gasteiger partial charge in [0.25, 0.3) is 0 Å². The molecule has 1 unspecified atom stereocenters. The number of nitrogens with zero attached hydrogens (tertiary/aromatic N) is 2. The van der Waals surface area contributed by atoms with Crippen molar-refractivity contribution in [3.8, 4) is 11.3 Å². The number of anilines is 1. The summed E-state index contributed by atoms with van der Waals surface area (Å²) in [6.45, 7) is 1.72. The Hall–Kier alpha value is -2.44. The Morgan fingerprint density at radius 3 is 2.88 bits per heavy atom. The second kappa shape index (κ2) is 6.98. The minimum Gasteiger partial charge on any atom is -0.394 e. The van der Waals surface area contributed by atoms with Crippen molar-refractivity contribution in [1.82, 2.24) is 15.0 Å². The highest BCUT2D eigenvalue weighted by molar-refractivity contribution is 6.30. The van der Waals surface area contributed by atoms with Crippen LogP contribution in [0, 0.1) is 12.7 Å². The molecule has 2 heterocycles. The van der Waals surface area contributed by atoms with Gasteiger partial charge in [0.1, 0.15) is 5.82 Å². The molecule has 0 bridgehead atoms. The van der Waals surface area contributed by atoms with E-state index in [1.165, 1.54) is 12.1 Å². The van der Waals surface area contributed by atoms with Crippen molar-refractivity contribution in [2.45, 2.75) is 13.0 Å². The van der Waals surface area contributed by atoms with Crippen molar-refractivity contribution in [3.05, 3.63) is 64.8 Å². The number of H-pyrrole nitrogens is 1. The Bertz CT molecular complexity index is 839. The highest BCUT2D eigenvalue weighted by Gasteiger charge is 2.15. The average Bonchev–Trinajstić information content (AvgIpc) is 3.11. The van der Waals surface area contributed by atoms with E-state index in [1.54, 1.807) is 12.3 Å². The van der Waals surface area contributed by atoms with Crippen LogP contribution in [0.15, 0.2) is 42.9 Å². The number of aliphatic hydroxyl groups excluding tert-OH is 1. The van der Waals surface area contributed by atoms with Crippen LogP contribution in [0.1, 0.15) is 17.2 Å². The number of hydrogen-bond acceptors (Lipinski definition) is 4. The molecule has 3 aromatic rings. The van der Waals surface area contributed by atoms with E-state index in [0.717, 1.165) is 16.8 Å². The summed E-state index contributed by atoms with van der Waals surface area (Å²) in [5, 5.41) is 12.7. The molecule has 0 amide bonds. The SMILES string of the molecule is Cc1cnc(NC(CO)c2ccc(F)c(Cl)c2)nc1-c1cc[nH]c1. The maximum atomic E-state index is 13.3. The summed E-state index contributed by atoms with van der Waals surface area (Å²) >= 11 is 5.81. The van der Waals surface area contributed by atoms with Gasteiger partial charge in [0.2, 0.25) is 5.95 Å². The lowest BCUT2D eigenvalue weighted by Gasteiger charge is -2.18. The van der Waals surface area contributed by atoms with Crippen LogP contribution in [0.3, 0.4) is 0 Å². The van der Waals surface area contributed by atoms with Crippen molar-refractivity contribution < 1.29 is 9.50 Å². The summed E-state index contributed by atoms with van der Waals surface area (Å²) < 4.78 is 13.3. The maximum Gasteiger partial charge on any atom is 0.223 e. The number of aryl methyl sites for hydroxylation is 1. The van der Waals surface area contributed by atoms with Crippen molar-refractivity contribution in [2.24, 2.45) is 0 Å². The molecule has 7 heteroatoms. The monoisotopic (exact) mass is 346 g/mol. The number of nitrogens with one attached hydrogen (secondary N) is 2. The molecule has 124 valence electrons. The molecule has 0 saturated heterocycles. The van der Waals surface area contributed by atoms with Crippen molar-refractivity contribution >= 4 is 17.5 Å². The fraction of sp³-hybridized carbons (Fsp3) is 0.176. The second-order valence-corrected chi connectivity index (χ2v) is 5.79. The molecule has 0 saturated carbocycles. The average molecular weight is 347 g/mol. The number of aliphatic hydroxyl groups is 1. The molecular weight excluding hydrogens is 331 g/mol. The van der Waals surface area contributed by atoms with Gasteiger partial charge in [-0.1, -0.05) is 17.7 Å². The van der Waals surface area contributed by atoms with Gasteiger partial charge in [-0.25, -0.2) is 14.4 Å². The highest BCUT2D eigenvalue weighted by Crippen LogP contribution is 2.25. The van der Waals surface area contributed by atoms with Gasteiger partial charge in [-0.2, -0.15) is 0 Å². The molecule has 0 radical (unpaired) electrons. The summed E-state index contributed by atoms with van der Waals surface area (Å²) in [5.74, 6) is -0.130. The summed E-state index contributed by atoms with van der Waals surface area (Å²) in [4.78, 5) is 11.8. The topological polar surface area (TPSA) is 73.8 Å².